The number of hydrogen-bond acceptors (Lipinski definition) is 4. The number of halogens is 2. The van der Waals surface area contributed by atoms with E-state index in [-0.39, 0.29) is 17.5 Å². The standard InChI is InChI=1S/C21H20F2N4OS/c1-13-3-2-4-16(11-13)24-21(28)27-9-7-14(8-10-27)19-25-26-20(29-19)17-6-5-15(22)12-18(17)23/h2-6,11-12,14H,7-10H2,1H3,(H,24,28). The number of aromatic nitrogens is 2. The Morgan fingerprint density at radius 3 is 2.66 bits per heavy atom. The minimum Gasteiger partial charge on any atom is -0.324 e. The van der Waals surface area contributed by atoms with Gasteiger partial charge in [-0.3, -0.25) is 0 Å². The van der Waals surface area contributed by atoms with E-state index < -0.39 is 11.6 Å². The van der Waals surface area contributed by atoms with Crippen LogP contribution >= 0.6 is 11.3 Å². The molecule has 0 radical (unpaired) electrons. The first-order chi connectivity index (χ1) is 14.0. The molecule has 1 N–H and O–H groups in total. The van der Waals surface area contributed by atoms with Crippen molar-refractivity contribution < 1.29 is 13.6 Å². The van der Waals surface area contributed by atoms with Gasteiger partial charge in [-0.2, -0.15) is 0 Å². The molecular weight excluding hydrogens is 394 g/mol. The first-order valence-electron chi connectivity index (χ1n) is 9.41. The van der Waals surface area contributed by atoms with Crippen molar-refractivity contribution in [2.45, 2.75) is 25.7 Å². The molecular formula is C21H20F2N4OS. The van der Waals surface area contributed by atoms with E-state index in [4.69, 9.17) is 0 Å². The lowest BCUT2D eigenvalue weighted by atomic mass is 9.98. The molecule has 1 aromatic heterocycles. The van der Waals surface area contributed by atoms with Crippen molar-refractivity contribution >= 4 is 23.1 Å². The predicted octanol–water partition coefficient (Wildman–Crippen LogP) is 5.20. The summed E-state index contributed by atoms with van der Waals surface area (Å²) < 4.78 is 27.1. The minimum absolute atomic E-state index is 0.111. The van der Waals surface area contributed by atoms with Crippen molar-refractivity contribution in [1.82, 2.24) is 15.1 Å². The number of benzene rings is 2. The van der Waals surface area contributed by atoms with Gasteiger partial charge >= 0.3 is 6.03 Å². The zero-order valence-electron chi connectivity index (χ0n) is 15.9. The van der Waals surface area contributed by atoms with Crippen LogP contribution in [0.15, 0.2) is 42.5 Å². The lowest BCUT2D eigenvalue weighted by Crippen LogP contribution is -2.40. The first kappa shape index (κ1) is 19.4. The molecule has 0 atom stereocenters. The van der Waals surface area contributed by atoms with Gasteiger partial charge < -0.3 is 10.2 Å². The highest BCUT2D eigenvalue weighted by atomic mass is 32.1. The molecule has 3 aromatic rings. The number of piperidine rings is 1. The summed E-state index contributed by atoms with van der Waals surface area (Å²) in [6, 6.07) is 11.0. The third-order valence-electron chi connectivity index (χ3n) is 5.00. The number of anilines is 1. The molecule has 2 amide bonds. The van der Waals surface area contributed by atoms with Crippen molar-refractivity contribution in [3.63, 3.8) is 0 Å². The van der Waals surface area contributed by atoms with Gasteiger partial charge in [0.25, 0.3) is 0 Å². The molecule has 150 valence electrons. The summed E-state index contributed by atoms with van der Waals surface area (Å²) in [5, 5.41) is 12.5. The Balaban J connectivity index is 1.37. The molecule has 0 spiro atoms. The van der Waals surface area contributed by atoms with E-state index in [9.17, 15) is 13.6 Å². The Morgan fingerprint density at radius 1 is 1.14 bits per heavy atom. The normalized spacial score (nSPS) is 14.8. The number of nitrogens with one attached hydrogen (secondary N) is 1. The van der Waals surface area contributed by atoms with E-state index in [1.807, 2.05) is 31.2 Å². The average Bonchev–Trinajstić information content (AvgIpc) is 3.18. The van der Waals surface area contributed by atoms with Crippen LogP contribution in [0.4, 0.5) is 19.3 Å². The molecule has 5 nitrogen and oxygen atoms in total. The quantitative estimate of drug-likeness (QED) is 0.641. The molecule has 0 bridgehead atoms. The maximum Gasteiger partial charge on any atom is 0.321 e. The fourth-order valence-electron chi connectivity index (χ4n) is 3.43. The maximum atomic E-state index is 14.0. The van der Waals surface area contributed by atoms with Crippen molar-refractivity contribution in [2.24, 2.45) is 0 Å². The third kappa shape index (κ3) is 4.42. The SMILES string of the molecule is Cc1cccc(NC(=O)N2CCC(c3nnc(-c4ccc(F)cc4F)s3)CC2)c1. The van der Waals surface area contributed by atoms with Gasteiger partial charge in [-0.25, -0.2) is 13.6 Å². The van der Waals surface area contributed by atoms with Crippen LogP contribution in [0.25, 0.3) is 10.6 Å². The molecule has 4 rings (SSSR count). The fourth-order valence-corrected chi connectivity index (χ4v) is 4.47. The summed E-state index contributed by atoms with van der Waals surface area (Å²) in [4.78, 5) is 14.3. The van der Waals surface area contributed by atoms with Crippen molar-refractivity contribution in [1.29, 1.82) is 0 Å². The second-order valence-electron chi connectivity index (χ2n) is 7.13. The highest BCUT2D eigenvalue weighted by Crippen LogP contribution is 2.34. The number of amides is 2. The van der Waals surface area contributed by atoms with Crippen LogP contribution in [0.3, 0.4) is 0 Å². The smallest absolute Gasteiger partial charge is 0.321 e. The minimum atomic E-state index is -0.643. The topological polar surface area (TPSA) is 58.1 Å². The van der Waals surface area contributed by atoms with Gasteiger partial charge in [-0.05, 0) is 49.6 Å². The fraction of sp³-hybridized carbons (Fsp3) is 0.286. The van der Waals surface area contributed by atoms with Gasteiger partial charge in [0.15, 0.2) is 5.01 Å². The number of nitrogens with zero attached hydrogens (tertiary/aromatic N) is 3. The van der Waals surface area contributed by atoms with Crippen molar-refractivity contribution in [2.75, 3.05) is 18.4 Å². The number of aryl methyl sites for hydroxylation is 1. The number of carbonyl (C=O) groups is 1. The van der Waals surface area contributed by atoms with Gasteiger partial charge in [0.05, 0.1) is 0 Å². The summed E-state index contributed by atoms with van der Waals surface area (Å²) in [7, 11) is 0. The van der Waals surface area contributed by atoms with E-state index in [1.165, 1.54) is 23.5 Å². The Kier molecular flexibility index (Phi) is 5.53. The first-order valence-corrected chi connectivity index (χ1v) is 10.2. The highest BCUT2D eigenvalue weighted by molar-refractivity contribution is 7.14. The maximum absolute atomic E-state index is 14.0. The monoisotopic (exact) mass is 414 g/mol. The van der Waals surface area contributed by atoms with Gasteiger partial charge in [0.1, 0.15) is 16.6 Å². The van der Waals surface area contributed by atoms with Gasteiger partial charge in [0.2, 0.25) is 0 Å². The van der Waals surface area contributed by atoms with E-state index in [0.717, 1.165) is 35.2 Å². The van der Waals surface area contributed by atoms with Crippen LogP contribution in [-0.2, 0) is 0 Å². The summed E-state index contributed by atoms with van der Waals surface area (Å²) in [5.41, 5.74) is 2.13. The summed E-state index contributed by atoms with van der Waals surface area (Å²) in [6.45, 7) is 3.21. The van der Waals surface area contributed by atoms with E-state index in [2.05, 4.69) is 15.5 Å². The van der Waals surface area contributed by atoms with Crippen LogP contribution in [-0.4, -0.2) is 34.2 Å². The molecule has 0 unspecified atom stereocenters. The lowest BCUT2D eigenvalue weighted by molar-refractivity contribution is 0.194. The summed E-state index contributed by atoms with van der Waals surface area (Å²) >= 11 is 1.32. The molecule has 2 aromatic carbocycles. The highest BCUT2D eigenvalue weighted by Gasteiger charge is 2.27. The second kappa shape index (κ2) is 8.24. The molecule has 2 heterocycles. The molecule has 1 fully saturated rings. The van der Waals surface area contributed by atoms with Gasteiger partial charge in [0, 0.05) is 36.3 Å². The molecule has 1 saturated heterocycles. The van der Waals surface area contributed by atoms with Crippen LogP contribution in [0, 0.1) is 18.6 Å². The Morgan fingerprint density at radius 2 is 1.93 bits per heavy atom. The van der Waals surface area contributed by atoms with Crippen LogP contribution in [0.5, 0.6) is 0 Å². The molecule has 1 aliphatic rings. The van der Waals surface area contributed by atoms with E-state index >= 15 is 0 Å². The number of urea groups is 1. The number of hydrogen-bond donors (Lipinski definition) is 1. The third-order valence-corrected chi connectivity index (χ3v) is 6.12. The number of carbonyl (C=O) groups excluding carboxylic acids is 1. The van der Waals surface area contributed by atoms with Crippen molar-refractivity contribution in [3.8, 4) is 10.6 Å². The summed E-state index contributed by atoms with van der Waals surface area (Å²) in [6.07, 6.45) is 1.53. The molecule has 1 aliphatic heterocycles. The Labute approximate surface area is 171 Å². The van der Waals surface area contributed by atoms with Crippen molar-refractivity contribution in [3.05, 3.63) is 64.7 Å². The van der Waals surface area contributed by atoms with Crippen LogP contribution in [0.1, 0.15) is 29.3 Å². The largest absolute Gasteiger partial charge is 0.324 e. The Hall–Kier alpha value is -2.87. The van der Waals surface area contributed by atoms with Crippen LogP contribution < -0.4 is 5.32 Å². The van der Waals surface area contributed by atoms with E-state index in [1.54, 1.807) is 4.90 Å². The molecule has 29 heavy (non-hydrogen) atoms. The summed E-state index contributed by atoms with van der Waals surface area (Å²) in [5.74, 6) is -1.09. The number of rotatable bonds is 3. The molecule has 8 heteroatoms. The van der Waals surface area contributed by atoms with Gasteiger partial charge in [-0.15, -0.1) is 10.2 Å². The Bertz CT molecular complexity index is 1030. The van der Waals surface area contributed by atoms with E-state index in [0.29, 0.717) is 18.1 Å². The van der Waals surface area contributed by atoms with Crippen LogP contribution in [0.2, 0.25) is 0 Å². The molecule has 0 aliphatic carbocycles. The second-order valence-corrected chi connectivity index (χ2v) is 8.14. The molecule has 0 saturated carbocycles. The number of likely N-dealkylation sites (tertiary alicyclic amines) is 1. The zero-order valence-corrected chi connectivity index (χ0v) is 16.7. The average molecular weight is 414 g/mol. The zero-order chi connectivity index (χ0) is 20.4. The lowest BCUT2D eigenvalue weighted by Gasteiger charge is -2.31. The van der Waals surface area contributed by atoms with Gasteiger partial charge in [-0.1, -0.05) is 23.5 Å². The predicted molar refractivity (Wildman–Crippen MR) is 109 cm³/mol.